The molecule has 0 amide bonds. The van der Waals surface area contributed by atoms with Crippen LogP contribution >= 0.6 is 27.5 Å². The minimum atomic E-state index is -0.474. The van der Waals surface area contributed by atoms with Crippen LogP contribution in [0.4, 0.5) is 15.9 Å². The molecule has 2 rings (SSSR count). The van der Waals surface area contributed by atoms with E-state index in [2.05, 4.69) is 26.2 Å². The Kier molecular flexibility index (Phi) is 3.64. The van der Waals surface area contributed by atoms with Crippen molar-refractivity contribution in [1.82, 2.24) is 4.98 Å². The summed E-state index contributed by atoms with van der Waals surface area (Å²) in [6.07, 6.45) is 1.40. The van der Waals surface area contributed by atoms with Gasteiger partial charge in [0, 0.05) is 16.4 Å². The molecule has 2 aromatic rings. The lowest BCUT2D eigenvalue weighted by Crippen LogP contribution is -1.97. The van der Waals surface area contributed by atoms with Gasteiger partial charge >= 0.3 is 0 Å². The maximum atomic E-state index is 13.5. The molecule has 0 radical (unpaired) electrons. The Balaban J connectivity index is 2.28. The molecule has 0 unspecified atom stereocenters. The number of hydrogen-bond donors (Lipinski definition) is 1. The predicted octanol–water partition coefficient (Wildman–Crippen LogP) is 4.69. The number of aryl methyl sites for hydroxylation is 1. The number of rotatable bonds is 2. The Morgan fingerprint density at radius 2 is 2.12 bits per heavy atom. The van der Waals surface area contributed by atoms with Crippen molar-refractivity contribution in [3.8, 4) is 0 Å². The van der Waals surface area contributed by atoms with Crippen molar-refractivity contribution in [2.24, 2.45) is 0 Å². The first-order valence-corrected chi connectivity index (χ1v) is 6.07. The highest BCUT2D eigenvalue weighted by Crippen LogP contribution is 2.24. The second-order valence-electron chi connectivity index (χ2n) is 3.57. The molecule has 17 heavy (non-hydrogen) atoms. The Morgan fingerprint density at radius 1 is 1.35 bits per heavy atom. The average Bonchev–Trinajstić information content (AvgIpc) is 2.27. The summed E-state index contributed by atoms with van der Waals surface area (Å²) in [4.78, 5) is 3.90. The zero-order valence-electron chi connectivity index (χ0n) is 8.97. The molecule has 0 spiro atoms. The van der Waals surface area contributed by atoms with Crippen molar-refractivity contribution >= 4 is 39.0 Å². The molecule has 0 aliphatic carbocycles. The third-order valence-corrected chi connectivity index (χ3v) is 3.32. The number of aromatic nitrogens is 1. The van der Waals surface area contributed by atoms with Crippen molar-refractivity contribution in [1.29, 1.82) is 0 Å². The van der Waals surface area contributed by atoms with Crippen molar-refractivity contribution < 1.29 is 4.39 Å². The third kappa shape index (κ3) is 2.96. The molecular formula is C12H9BrClFN2. The lowest BCUT2D eigenvalue weighted by Gasteiger charge is -2.08. The molecule has 0 atom stereocenters. The van der Waals surface area contributed by atoms with Gasteiger partial charge in [-0.3, -0.25) is 0 Å². The second-order valence-corrected chi connectivity index (χ2v) is 4.86. The summed E-state index contributed by atoms with van der Waals surface area (Å²) in [5.74, 6) is -0.311. The zero-order valence-corrected chi connectivity index (χ0v) is 11.3. The highest BCUT2D eigenvalue weighted by molar-refractivity contribution is 9.10. The lowest BCUT2D eigenvalue weighted by molar-refractivity contribution is 0.626. The fourth-order valence-corrected chi connectivity index (χ4v) is 1.76. The van der Waals surface area contributed by atoms with Crippen molar-refractivity contribution in [3.63, 3.8) is 0 Å². The van der Waals surface area contributed by atoms with Crippen LogP contribution < -0.4 is 5.32 Å². The van der Waals surface area contributed by atoms with E-state index in [1.54, 1.807) is 0 Å². The number of nitrogens with one attached hydrogen (secondary N) is 1. The van der Waals surface area contributed by atoms with E-state index in [9.17, 15) is 4.39 Å². The first kappa shape index (κ1) is 12.3. The molecule has 0 saturated carbocycles. The van der Waals surface area contributed by atoms with Crippen LogP contribution in [0.3, 0.4) is 0 Å². The van der Waals surface area contributed by atoms with Gasteiger partial charge in [0.25, 0.3) is 0 Å². The summed E-state index contributed by atoms with van der Waals surface area (Å²) in [7, 11) is 0. The molecule has 0 fully saturated rings. The van der Waals surface area contributed by atoms with E-state index in [0.29, 0.717) is 0 Å². The largest absolute Gasteiger partial charge is 0.338 e. The Labute approximate surface area is 112 Å². The van der Waals surface area contributed by atoms with Gasteiger partial charge in [0.05, 0.1) is 5.02 Å². The van der Waals surface area contributed by atoms with E-state index in [-0.39, 0.29) is 10.8 Å². The summed E-state index contributed by atoms with van der Waals surface area (Å²) in [5.41, 5.74) is 1.84. The monoisotopic (exact) mass is 314 g/mol. The Bertz CT molecular complexity index is 560. The van der Waals surface area contributed by atoms with E-state index in [0.717, 1.165) is 15.7 Å². The molecule has 2 nitrogen and oxygen atoms in total. The Hall–Kier alpha value is -1.13. The van der Waals surface area contributed by atoms with Crippen LogP contribution in [0.5, 0.6) is 0 Å². The maximum Gasteiger partial charge on any atom is 0.167 e. The molecule has 0 bridgehead atoms. The number of benzene rings is 1. The topological polar surface area (TPSA) is 24.9 Å². The van der Waals surface area contributed by atoms with E-state index in [1.165, 1.54) is 12.3 Å². The number of nitrogens with zero attached hydrogens (tertiary/aromatic N) is 1. The maximum absolute atomic E-state index is 13.5. The number of halogens is 3. The van der Waals surface area contributed by atoms with E-state index < -0.39 is 5.82 Å². The number of pyridine rings is 1. The molecule has 1 N–H and O–H groups in total. The van der Waals surface area contributed by atoms with Crippen LogP contribution in [0.2, 0.25) is 5.02 Å². The highest BCUT2D eigenvalue weighted by atomic mass is 79.9. The van der Waals surface area contributed by atoms with Gasteiger partial charge in [-0.15, -0.1) is 0 Å². The fourth-order valence-electron chi connectivity index (χ4n) is 1.37. The Morgan fingerprint density at radius 3 is 2.76 bits per heavy atom. The molecule has 1 heterocycles. The molecule has 88 valence electrons. The van der Waals surface area contributed by atoms with Crippen molar-refractivity contribution in [3.05, 3.63) is 51.3 Å². The van der Waals surface area contributed by atoms with Gasteiger partial charge in [-0.2, -0.15) is 0 Å². The predicted molar refractivity (Wildman–Crippen MR) is 71.4 cm³/mol. The van der Waals surface area contributed by atoms with Crippen LogP contribution in [0, 0.1) is 12.7 Å². The molecule has 0 aliphatic heterocycles. The van der Waals surface area contributed by atoms with E-state index >= 15 is 0 Å². The SMILES string of the molecule is Cc1cc(Nc2ncc(Cl)cc2F)ccc1Br. The fraction of sp³-hybridized carbons (Fsp3) is 0.0833. The van der Waals surface area contributed by atoms with Crippen LogP contribution in [0.25, 0.3) is 0 Å². The van der Waals surface area contributed by atoms with Gasteiger partial charge in [-0.1, -0.05) is 27.5 Å². The third-order valence-electron chi connectivity index (χ3n) is 2.23. The summed E-state index contributed by atoms with van der Waals surface area (Å²) < 4.78 is 14.5. The standard InChI is InChI=1S/C12H9BrClFN2/c1-7-4-9(2-3-10(7)13)17-12-11(15)5-8(14)6-16-12/h2-6H,1H3,(H,16,17). The summed E-state index contributed by atoms with van der Waals surface area (Å²) in [6, 6.07) is 6.86. The van der Waals surface area contributed by atoms with Crippen LogP contribution in [-0.2, 0) is 0 Å². The van der Waals surface area contributed by atoms with Gasteiger partial charge in [-0.25, -0.2) is 9.37 Å². The summed E-state index contributed by atoms with van der Waals surface area (Å²) in [5, 5.41) is 3.18. The molecule has 1 aromatic carbocycles. The summed E-state index contributed by atoms with van der Waals surface area (Å²) >= 11 is 9.03. The van der Waals surface area contributed by atoms with Gasteiger partial charge < -0.3 is 5.32 Å². The summed E-state index contributed by atoms with van der Waals surface area (Å²) in [6.45, 7) is 1.96. The van der Waals surface area contributed by atoms with E-state index in [1.807, 2.05) is 25.1 Å². The second kappa shape index (κ2) is 5.02. The molecule has 1 aromatic heterocycles. The minimum absolute atomic E-state index is 0.163. The van der Waals surface area contributed by atoms with Gasteiger partial charge in [0.1, 0.15) is 0 Å². The number of anilines is 2. The van der Waals surface area contributed by atoms with E-state index in [4.69, 9.17) is 11.6 Å². The van der Waals surface area contributed by atoms with Gasteiger partial charge in [0.15, 0.2) is 11.6 Å². The van der Waals surface area contributed by atoms with Gasteiger partial charge in [-0.05, 0) is 36.8 Å². The first-order valence-electron chi connectivity index (χ1n) is 4.90. The van der Waals surface area contributed by atoms with Crippen molar-refractivity contribution in [2.45, 2.75) is 6.92 Å². The van der Waals surface area contributed by atoms with Gasteiger partial charge in [0.2, 0.25) is 0 Å². The first-order chi connectivity index (χ1) is 8.06. The molecule has 0 saturated heterocycles. The number of hydrogen-bond acceptors (Lipinski definition) is 2. The van der Waals surface area contributed by atoms with Crippen LogP contribution in [0.1, 0.15) is 5.56 Å². The zero-order chi connectivity index (χ0) is 12.4. The van der Waals surface area contributed by atoms with Crippen LogP contribution in [0.15, 0.2) is 34.9 Å². The smallest absolute Gasteiger partial charge is 0.167 e. The lowest BCUT2D eigenvalue weighted by atomic mass is 10.2. The van der Waals surface area contributed by atoms with Crippen molar-refractivity contribution in [2.75, 3.05) is 5.32 Å². The molecule has 0 aliphatic rings. The minimum Gasteiger partial charge on any atom is -0.338 e. The quantitative estimate of drug-likeness (QED) is 0.869. The normalized spacial score (nSPS) is 10.4. The molecular weight excluding hydrogens is 307 g/mol. The average molecular weight is 316 g/mol. The van der Waals surface area contributed by atoms with Crippen LogP contribution in [-0.4, -0.2) is 4.98 Å². The molecule has 5 heteroatoms. The highest BCUT2D eigenvalue weighted by Gasteiger charge is 2.05.